The zero-order chi connectivity index (χ0) is 22.7. The number of ether oxygens (including phenoxy) is 1. The van der Waals surface area contributed by atoms with Crippen molar-refractivity contribution in [2.45, 2.75) is 52.1 Å². The van der Waals surface area contributed by atoms with Crippen LogP contribution in [-0.4, -0.2) is 54.1 Å². The smallest absolute Gasteiger partial charge is 0.225 e. The van der Waals surface area contributed by atoms with Crippen molar-refractivity contribution >= 4 is 11.7 Å². The van der Waals surface area contributed by atoms with Crippen molar-refractivity contribution in [1.29, 1.82) is 0 Å². The van der Waals surface area contributed by atoms with Crippen LogP contribution in [0, 0.1) is 11.7 Å². The first-order valence-electron chi connectivity index (χ1n) is 11.6. The third-order valence-corrected chi connectivity index (χ3v) is 6.56. The number of carbonyl (C=O) groups is 1. The summed E-state index contributed by atoms with van der Waals surface area (Å²) < 4.78 is 20.0. The van der Waals surface area contributed by atoms with E-state index in [0.29, 0.717) is 50.7 Å². The summed E-state index contributed by atoms with van der Waals surface area (Å²) >= 11 is 0. The molecule has 1 saturated heterocycles. The molecule has 1 aliphatic carbocycles. The van der Waals surface area contributed by atoms with Gasteiger partial charge in [0.1, 0.15) is 17.5 Å². The summed E-state index contributed by atoms with van der Waals surface area (Å²) in [5.74, 6) is 2.05. The summed E-state index contributed by atoms with van der Waals surface area (Å²) in [6.07, 6.45) is 3.61. The quantitative estimate of drug-likeness (QED) is 0.653. The molecule has 1 aliphatic heterocycles. The highest BCUT2D eigenvalue weighted by Gasteiger charge is 2.32. The fourth-order valence-corrected chi connectivity index (χ4v) is 4.38. The van der Waals surface area contributed by atoms with Crippen LogP contribution in [0.5, 0.6) is 0 Å². The summed E-state index contributed by atoms with van der Waals surface area (Å²) in [6.45, 7) is 7.29. The average Bonchev–Trinajstić information content (AvgIpc) is 2.75. The number of piperazine rings is 1. The zero-order valence-corrected chi connectivity index (χ0v) is 19.3. The van der Waals surface area contributed by atoms with E-state index >= 15 is 0 Å². The van der Waals surface area contributed by atoms with Crippen LogP contribution in [0.4, 0.5) is 10.2 Å². The van der Waals surface area contributed by atoms with Gasteiger partial charge in [0.05, 0.1) is 12.3 Å². The summed E-state index contributed by atoms with van der Waals surface area (Å²) in [5, 5.41) is 0. The van der Waals surface area contributed by atoms with Crippen molar-refractivity contribution < 1.29 is 13.9 Å². The van der Waals surface area contributed by atoms with E-state index < -0.39 is 0 Å². The van der Waals surface area contributed by atoms with Gasteiger partial charge in [-0.3, -0.25) is 4.79 Å². The van der Waals surface area contributed by atoms with Gasteiger partial charge in [0.15, 0.2) is 0 Å². The molecule has 0 radical (unpaired) electrons. The Bertz CT molecular complexity index is 953. The highest BCUT2D eigenvalue weighted by molar-refractivity contribution is 5.80. The summed E-state index contributed by atoms with van der Waals surface area (Å²) in [6, 6.07) is 6.84. The molecule has 1 amide bonds. The Morgan fingerprint density at radius 1 is 1.16 bits per heavy atom. The molecule has 0 bridgehead atoms. The van der Waals surface area contributed by atoms with E-state index in [4.69, 9.17) is 14.7 Å². The molecular formula is C25H33FN4O2. The average molecular weight is 441 g/mol. The molecule has 1 aromatic carbocycles. The van der Waals surface area contributed by atoms with Crippen LogP contribution in [0.2, 0.25) is 0 Å². The van der Waals surface area contributed by atoms with Crippen LogP contribution in [0.15, 0.2) is 24.3 Å². The van der Waals surface area contributed by atoms with Crippen molar-refractivity contribution in [1.82, 2.24) is 14.9 Å². The molecule has 2 aliphatic rings. The SMILES string of the molecule is COCc1nc(C(C)C)nc(N2CCN(C(=O)C3CCC3)CC2)c1Cc1ccccc1F. The van der Waals surface area contributed by atoms with Gasteiger partial charge in [-0.05, 0) is 24.5 Å². The van der Waals surface area contributed by atoms with E-state index in [1.54, 1.807) is 19.2 Å². The van der Waals surface area contributed by atoms with Gasteiger partial charge >= 0.3 is 0 Å². The van der Waals surface area contributed by atoms with Crippen molar-refractivity contribution in [3.05, 3.63) is 52.7 Å². The second kappa shape index (κ2) is 9.94. The lowest BCUT2D eigenvalue weighted by molar-refractivity contribution is -0.138. The number of rotatable bonds is 7. The number of aromatic nitrogens is 2. The monoisotopic (exact) mass is 440 g/mol. The highest BCUT2D eigenvalue weighted by Crippen LogP contribution is 2.31. The molecule has 0 unspecified atom stereocenters. The van der Waals surface area contributed by atoms with Gasteiger partial charge in [-0.1, -0.05) is 38.5 Å². The summed E-state index contributed by atoms with van der Waals surface area (Å²) in [7, 11) is 1.65. The minimum absolute atomic E-state index is 0.161. The van der Waals surface area contributed by atoms with Gasteiger partial charge < -0.3 is 14.5 Å². The topological polar surface area (TPSA) is 58.6 Å². The minimum Gasteiger partial charge on any atom is -0.378 e. The van der Waals surface area contributed by atoms with E-state index in [0.717, 1.165) is 42.2 Å². The normalized spacial score (nSPS) is 17.0. The van der Waals surface area contributed by atoms with Gasteiger partial charge in [0, 0.05) is 57.1 Å². The third kappa shape index (κ3) is 4.77. The molecule has 2 heterocycles. The van der Waals surface area contributed by atoms with Crippen LogP contribution in [0.1, 0.15) is 61.7 Å². The molecular weight excluding hydrogens is 407 g/mol. The maximum Gasteiger partial charge on any atom is 0.225 e. The number of benzene rings is 1. The Balaban J connectivity index is 1.64. The number of nitrogens with zero attached hydrogens (tertiary/aromatic N) is 4. The van der Waals surface area contributed by atoms with Crippen LogP contribution in [-0.2, 0) is 22.6 Å². The molecule has 4 rings (SSSR count). The molecule has 0 atom stereocenters. The van der Waals surface area contributed by atoms with E-state index in [1.165, 1.54) is 6.07 Å². The number of halogens is 1. The number of methoxy groups -OCH3 is 1. The number of amides is 1. The Morgan fingerprint density at radius 3 is 2.47 bits per heavy atom. The number of anilines is 1. The second-order valence-corrected chi connectivity index (χ2v) is 9.13. The highest BCUT2D eigenvalue weighted by atomic mass is 19.1. The number of carbonyl (C=O) groups excluding carboxylic acids is 1. The fraction of sp³-hybridized carbons (Fsp3) is 0.560. The second-order valence-electron chi connectivity index (χ2n) is 9.13. The van der Waals surface area contributed by atoms with Crippen molar-refractivity contribution in [3.8, 4) is 0 Å². The third-order valence-electron chi connectivity index (χ3n) is 6.56. The molecule has 1 saturated carbocycles. The Morgan fingerprint density at radius 2 is 1.88 bits per heavy atom. The van der Waals surface area contributed by atoms with E-state index in [1.807, 2.05) is 11.0 Å². The predicted octanol–water partition coefficient (Wildman–Crippen LogP) is 3.93. The molecule has 32 heavy (non-hydrogen) atoms. The molecule has 172 valence electrons. The van der Waals surface area contributed by atoms with Gasteiger partial charge in [0.2, 0.25) is 5.91 Å². The molecule has 0 N–H and O–H groups in total. The standard InChI is InChI=1S/C25H33FN4O2/c1-17(2)23-27-22(16-32-3)20(15-19-7-4-5-10-21(19)26)24(28-23)29-11-13-30(14-12-29)25(31)18-8-6-9-18/h4-5,7,10,17-18H,6,8-9,11-16H2,1-3H3. The summed E-state index contributed by atoms with van der Waals surface area (Å²) in [5.41, 5.74) is 2.32. The van der Waals surface area contributed by atoms with Crippen molar-refractivity contribution in [2.24, 2.45) is 5.92 Å². The fourth-order valence-electron chi connectivity index (χ4n) is 4.38. The van der Waals surface area contributed by atoms with Gasteiger partial charge in [-0.15, -0.1) is 0 Å². The van der Waals surface area contributed by atoms with Gasteiger partial charge in [-0.25, -0.2) is 14.4 Å². The number of hydrogen-bond acceptors (Lipinski definition) is 5. The summed E-state index contributed by atoms with van der Waals surface area (Å²) in [4.78, 5) is 26.6. The van der Waals surface area contributed by atoms with E-state index in [9.17, 15) is 9.18 Å². The first-order valence-corrected chi connectivity index (χ1v) is 11.6. The van der Waals surface area contributed by atoms with Crippen LogP contribution in [0.3, 0.4) is 0 Å². The van der Waals surface area contributed by atoms with Crippen LogP contribution >= 0.6 is 0 Å². The lowest BCUT2D eigenvalue weighted by atomic mass is 9.84. The van der Waals surface area contributed by atoms with Crippen molar-refractivity contribution in [3.63, 3.8) is 0 Å². The maximum absolute atomic E-state index is 14.5. The Kier molecular flexibility index (Phi) is 7.04. The van der Waals surface area contributed by atoms with Gasteiger partial charge in [-0.2, -0.15) is 0 Å². The van der Waals surface area contributed by atoms with E-state index in [2.05, 4.69) is 18.7 Å². The molecule has 0 spiro atoms. The molecule has 2 fully saturated rings. The maximum atomic E-state index is 14.5. The number of hydrogen-bond donors (Lipinski definition) is 0. The van der Waals surface area contributed by atoms with E-state index in [-0.39, 0.29) is 17.7 Å². The molecule has 1 aromatic heterocycles. The first kappa shape index (κ1) is 22.6. The lowest BCUT2D eigenvalue weighted by Crippen LogP contribution is -2.51. The van der Waals surface area contributed by atoms with Gasteiger partial charge in [0.25, 0.3) is 0 Å². The largest absolute Gasteiger partial charge is 0.378 e. The Hall–Kier alpha value is -2.54. The first-order chi connectivity index (χ1) is 15.5. The Labute approximate surface area is 189 Å². The lowest BCUT2D eigenvalue weighted by Gasteiger charge is -2.39. The molecule has 2 aromatic rings. The minimum atomic E-state index is -0.231. The van der Waals surface area contributed by atoms with Crippen molar-refractivity contribution in [2.75, 3.05) is 38.2 Å². The molecule has 7 heteroatoms. The predicted molar refractivity (Wildman–Crippen MR) is 122 cm³/mol. The zero-order valence-electron chi connectivity index (χ0n) is 19.3. The molecule has 6 nitrogen and oxygen atoms in total. The van der Waals surface area contributed by atoms with Crippen LogP contribution in [0.25, 0.3) is 0 Å². The van der Waals surface area contributed by atoms with Crippen LogP contribution < -0.4 is 4.90 Å².